The molecule has 39 heavy (non-hydrogen) atoms. The van der Waals surface area contributed by atoms with Crippen molar-refractivity contribution in [3.05, 3.63) is 118 Å². The van der Waals surface area contributed by atoms with Gasteiger partial charge in [-0.25, -0.2) is 0 Å². The van der Waals surface area contributed by atoms with Crippen LogP contribution in [0.3, 0.4) is 0 Å². The van der Waals surface area contributed by atoms with Crippen molar-refractivity contribution in [2.75, 3.05) is 0 Å². The third-order valence-electron chi connectivity index (χ3n) is 7.20. The van der Waals surface area contributed by atoms with Crippen LogP contribution < -0.4 is 10.7 Å². The van der Waals surface area contributed by atoms with Crippen LogP contribution in [0, 0.1) is 0 Å². The third-order valence-corrected chi connectivity index (χ3v) is 7.20. The molecular weight excluding hydrogens is 492 g/mol. The number of nitrogens with one attached hydrogen (secondary N) is 1. The lowest BCUT2D eigenvalue weighted by molar-refractivity contribution is -0.138. The highest BCUT2D eigenvalue weighted by Gasteiger charge is 2.38. The Bertz CT molecular complexity index is 1520. The van der Waals surface area contributed by atoms with Crippen LogP contribution in [-0.4, -0.2) is 28.5 Å². The summed E-state index contributed by atoms with van der Waals surface area (Å²) in [4.78, 5) is 56.2. The molecule has 7 heteroatoms. The second-order valence-corrected chi connectivity index (χ2v) is 9.88. The van der Waals surface area contributed by atoms with Crippen LogP contribution in [0.25, 0.3) is 11.0 Å². The first-order valence-corrected chi connectivity index (χ1v) is 13.3. The number of nitrogens with zero attached hydrogens (tertiary/aromatic N) is 1. The fraction of sp³-hybridized carbons (Fsp3) is 0.250. The Labute approximate surface area is 226 Å². The minimum Gasteiger partial charge on any atom is -0.464 e. The summed E-state index contributed by atoms with van der Waals surface area (Å²) in [5.41, 5.74) is 0.884. The number of benzene rings is 3. The van der Waals surface area contributed by atoms with E-state index in [0.29, 0.717) is 16.5 Å². The molecule has 1 aromatic heterocycles. The molecule has 7 nitrogen and oxygen atoms in total. The van der Waals surface area contributed by atoms with Crippen LogP contribution in [0.4, 0.5) is 0 Å². The van der Waals surface area contributed by atoms with E-state index in [2.05, 4.69) is 5.32 Å². The van der Waals surface area contributed by atoms with Gasteiger partial charge in [0.25, 0.3) is 5.91 Å². The standard InChI is InChI=1S/C32H30N2O5/c35-29(23-14-6-2-7-15-23)32(38)34(20-22-12-4-1-5-13-22)28(31(37)33-24-16-8-3-9-17-24)26-21-39-27-19-11-10-18-25(27)30(26)36/h1-2,4-7,10-15,18-19,21,24,28H,3,8-9,16-17,20H2,(H,33,37). The number of carbonyl (C=O) groups is 3. The fourth-order valence-electron chi connectivity index (χ4n) is 5.16. The summed E-state index contributed by atoms with van der Waals surface area (Å²) in [6, 6.07) is 22.6. The summed E-state index contributed by atoms with van der Waals surface area (Å²) < 4.78 is 5.77. The van der Waals surface area contributed by atoms with Gasteiger partial charge in [0.1, 0.15) is 17.9 Å². The van der Waals surface area contributed by atoms with Crippen molar-refractivity contribution in [1.82, 2.24) is 10.2 Å². The monoisotopic (exact) mass is 522 g/mol. The van der Waals surface area contributed by atoms with Crippen molar-refractivity contribution in [2.45, 2.75) is 50.7 Å². The molecule has 1 aliphatic rings. The van der Waals surface area contributed by atoms with Gasteiger partial charge in [0, 0.05) is 18.2 Å². The van der Waals surface area contributed by atoms with Crippen molar-refractivity contribution in [2.24, 2.45) is 0 Å². The SMILES string of the molecule is O=C(C(=O)N(Cc1ccccc1)C(C(=O)NC1CCCCC1)c1coc2ccccc2c1=O)c1ccccc1. The Morgan fingerprint density at radius 3 is 2.21 bits per heavy atom. The smallest absolute Gasteiger partial charge is 0.296 e. The maximum absolute atomic E-state index is 14.0. The number of hydrogen-bond donors (Lipinski definition) is 1. The Kier molecular flexibility index (Phi) is 7.96. The molecule has 0 saturated heterocycles. The van der Waals surface area contributed by atoms with Crippen LogP contribution in [0.1, 0.15) is 59.6 Å². The van der Waals surface area contributed by atoms with Crippen LogP contribution in [0.5, 0.6) is 0 Å². The predicted molar refractivity (Wildman–Crippen MR) is 148 cm³/mol. The largest absolute Gasteiger partial charge is 0.464 e. The summed E-state index contributed by atoms with van der Waals surface area (Å²) in [5.74, 6) is -2.14. The summed E-state index contributed by atoms with van der Waals surface area (Å²) in [7, 11) is 0. The minimum absolute atomic E-state index is 0.00662. The molecule has 1 N–H and O–H groups in total. The molecule has 1 aliphatic carbocycles. The molecule has 1 atom stereocenters. The predicted octanol–water partition coefficient (Wildman–Crippen LogP) is 5.19. The number of para-hydroxylation sites is 1. The van der Waals surface area contributed by atoms with Crippen molar-refractivity contribution in [3.8, 4) is 0 Å². The van der Waals surface area contributed by atoms with Gasteiger partial charge in [-0.2, -0.15) is 0 Å². The normalized spacial score (nSPS) is 14.5. The van der Waals surface area contributed by atoms with Gasteiger partial charge >= 0.3 is 0 Å². The van der Waals surface area contributed by atoms with Gasteiger partial charge in [-0.1, -0.05) is 92.1 Å². The summed E-state index contributed by atoms with van der Waals surface area (Å²) in [6.07, 6.45) is 5.97. The molecule has 1 heterocycles. The fourth-order valence-corrected chi connectivity index (χ4v) is 5.16. The maximum Gasteiger partial charge on any atom is 0.296 e. The number of hydrogen-bond acceptors (Lipinski definition) is 5. The van der Waals surface area contributed by atoms with E-state index >= 15 is 0 Å². The van der Waals surface area contributed by atoms with Gasteiger partial charge in [-0.3, -0.25) is 19.2 Å². The summed E-state index contributed by atoms with van der Waals surface area (Å²) in [6.45, 7) is -0.0483. The van der Waals surface area contributed by atoms with Crippen molar-refractivity contribution in [3.63, 3.8) is 0 Å². The molecule has 1 fully saturated rings. The number of ketones is 1. The summed E-state index contributed by atoms with van der Waals surface area (Å²) >= 11 is 0. The zero-order valence-electron chi connectivity index (χ0n) is 21.5. The second kappa shape index (κ2) is 11.9. The number of Topliss-reactive ketones (excluding diaryl/α,β-unsaturated/α-hetero) is 1. The zero-order valence-corrected chi connectivity index (χ0v) is 21.5. The van der Waals surface area contributed by atoms with Gasteiger partial charge in [-0.05, 0) is 30.5 Å². The first-order valence-electron chi connectivity index (χ1n) is 13.3. The molecule has 4 aromatic rings. The lowest BCUT2D eigenvalue weighted by atomic mass is 9.94. The van der Waals surface area contributed by atoms with E-state index in [0.717, 1.165) is 32.1 Å². The lowest BCUT2D eigenvalue weighted by Gasteiger charge is -2.32. The van der Waals surface area contributed by atoms with E-state index in [4.69, 9.17) is 4.42 Å². The molecular formula is C32H30N2O5. The summed E-state index contributed by atoms with van der Waals surface area (Å²) in [5, 5.41) is 3.37. The molecule has 5 rings (SSSR count). The van der Waals surface area contributed by atoms with Crippen LogP contribution in [-0.2, 0) is 16.1 Å². The molecule has 1 unspecified atom stereocenters. The van der Waals surface area contributed by atoms with Gasteiger partial charge < -0.3 is 14.6 Å². The Morgan fingerprint density at radius 1 is 0.846 bits per heavy atom. The van der Waals surface area contributed by atoms with E-state index in [1.807, 2.05) is 30.3 Å². The van der Waals surface area contributed by atoms with E-state index in [1.54, 1.807) is 54.6 Å². The lowest BCUT2D eigenvalue weighted by Crippen LogP contribution is -2.49. The average molecular weight is 523 g/mol. The van der Waals surface area contributed by atoms with Crippen LogP contribution in [0.15, 0.2) is 100 Å². The van der Waals surface area contributed by atoms with Gasteiger partial charge in [-0.15, -0.1) is 0 Å². The first-order chi connectivity index (χ1) is 19.0. The number of fused-ring (bicyclic) bond motifs is 1. The van der Waals surface area contributed by atoms with E-state index in [-0.39, 0.29) is 23.7 Å². The number of rotatable bonds is 8. The van der Waals surface area contributed by atoms with Crippen molar-refractivity contribution < 1.29 is 18.8 Å². The van der Waals surface area contributed by atoms with Gasteiger partial charge in [0.2, 0.25) is 11.7 Å². The quantitative estimate of drug-likeness (QED) is 0.254. The number of carbonyl (C=O) groups excluding carboxylic acids is 3. The van der Waals surface area contributed by atoms with E-state index in [9.17, 15) is 19.2 Å². The Balaban J connectivity index is 1.62. The highest BCUT2D eigenvalue weighted by molar-refractivity contribution is 6.43. The topological polar surface area (TPSA) is 96.7 Å². The number of amides is 2. The third kappa shape index (κ3) is 5.82. The second-order valence-electron chi connectivity index (χ2n) is 9.88. The molecule has 2 amide bonds. The van der Waals surface area contributed by atoms with Gasteiger partial charge in [0.15, 0.2) is 5.43 Å². The van der Waals surface area contributed by atoms with Crippen molar-refractivity contribution >= 4 is 28.6 Å². The highest BCUT2D eigenvalue weighted by atomic mass is 16.3. The van der Waals surface area contributed by atoms with Crippen molar-refractivity contribution in [1.29, 1.82) is 0 Å². The molecule has 0 aliphatic heterocycles. The Hall–Kier alpha value is -4.52. The maximum atomic E-state index is 14.0. The van der Waals surface area contributed by atoms with Crippen LogP contribution in [0.2, 0.25) is 0 Å². The highest BCUT2D eigenvalue weighted by Crippen LogP contribution is 2.26. The molecule has 0 bridgehead atoms. The van der Waals surface area contributed by atoms with E-state index in [1.165, 1.54) is 11.2 Å². The molecule has 1 saturated carbocycles. The molecule has 0 radical (unpaired) electrons. The molecule has 3 aromatic carbocycles. The average Bonchev–Trinajstić information content (AvgIpc) is 2.99. The van der Waals surface area contributed by atoms with Gasteiger partial charge in [0.05, 0.1) is 10.9 Å². The molecule has 198 valence electrons. The first kappa shape index (κ1) is 26.1. The van der Waals surface area contributed by atoms with Crippen LogP contribution >= 0.6 is 0 Å². The van der Waals surface area contributed by atoms with E-state index < -0.39 is 29.1 Å². The molecule has 0 spiro atoms. The Morgan fingerprint density at radius 2 is 1.49 bits per heavy atom. The minimum atomic E-state index is -1.37. The zero-order chi connectivity index (χ0) is 27.2.